The minimum atomic E-state index is 1.18. The molecule has 0 N–H and O–H groups in total. The van der Waals surface area contributed by atoms with Crippen molar-refractivity contribution >= 4 is 73.3 Å². The fourth-order valence-corrected chi connectivity index (χ4v) is 4.52. The van der Waals surface area contributed by atoms with Crippen molar-refractivity contribution in [3.8, 4) is 9.75 Å². The van der Waals surface area contributed by atoms with Crippen LogP contribution in [0.3, 0.4) is 0 Å². The van der Waals surface area contributed by atoms with E-state index >= 15 is 0 Å². The van der Waals surface area contributed by atoms with E-state index in [0.29, 0.717) is 0 Å². The maximum atomic E-state index is 3.51. The quantitative estimate of drug-likeness (QED) is 0.359. The predicted molar refractivity (Wildman–Crippen MR) is 103 cm³/mol. The fourth-order valence-electron chi connectivity index (χ4n) is 1.77. The van der Waals surface area contributed by atoms with Crippen LogP contribution in [-0.4, -0.2) is 0 Å². The number of benzene rings is 1. The first kappa shape index (κ1) is 14.5. The molecule has 4 heteroatoms. The topological polar surface area (TPSA) is 0 Å². The van der Waals surface area contributed by atoms with Gasteiger partial charge in [0.2, 0.25) is 0 Å². The van der Waals surface area contributed by atoms with Crippen LogP contribution in [0.1, 0.15) is 10.4 Å². The van der Waals surface area contributed by atoms with E-state index < -0.39 is 0 Å². The minimum Gasteiger partial charge on any atom is -0.135 e. The Labute approximate surface area is 148 Å². The molecule has 3 aromatic rings. The molecule has 0 unspecified atom stereocenters. The van der Waals surface area contributed by atoms with Crippen molar-refractivity contribution in [1.29, 1.82) is 0 Å². The van der Waals surface area contributed by atoms with Gasteiger partial charge >= 0.3 is 0 Å². The van der Waals surface area contributed by atoms with Crippen LogP contribution in [0.15, 0.2) is 52.3 Å². The molecule has 1 aromatic carbocycles. The van der Waals surface area contributed by atoms with Crippen LogP contribution in [-0.2, 0) is 0 Å². The molecule has 0 fully saturated rings. The average Bonchev–Trinajstić information content (AvgIpc) is 3.07. The maximum Gasteiger partial charge on any atom is 0.0705 e. The van der Waals surface area contributed by atoms with Crippen LogP contribution >= 0.6 is 61.2 Å². The summed E-state index contributed by atoms with van der Waals surface area (Å²) in [6.45, 7) is 0. The highest BCUT2D eigenvalue weighted by Crippen LogP contribution is 2.36. The van der Waals surface area contributed by atoms with Crippen LogP contribution in [0.25, 0.3) is 21.9 Å². The zero-order chi connectivity index (χ0) is 13.9. The number of hydrogen-bond acceptors (Lipinski definition) is 2. The summed E-state index contributed by atoms with van der Waals surface area (Å²) < 4.78 is 2.44. The normalized spacial score (nSPS) is 11.3. The molecule has 0 bridgehead atoms. The molecule has 0 nitrogen and oxygen atoms in total. The zero-order valence-electron chi connectivity index (χ0n) is 10.3. The van der Waals surface area contributed by atoms with Crippen LogP contribution < -0.4 is 0 Å². The number of thiophene rings is 2. The van der Waals surface area contributed by atoms with Crippen molar-refractivity contribution in [3.63, 3.8) is 0 Å². The summed E-state index contributed by atoms with van der Waals surface area (Å²) in [5.74, 6) is 0. The molecule has 2 aromatic heterocycles. The Morgan fingerprint density at radius 1 is 0.800 bits per heavy atom. The van der Waals surface area contributed by atoms with Gasteiger partial charge in [0.15, 0.2) is 0 Å². The lowest BCUT2D eigenvalue weighted by atomic mass is 10.2. The molecule has 2 heterocycles. The molecule has 0 spiro atoms. The van der Waals surface area contributed by atoms with Crippen LogP contribution in [0, 0.1) is 3.57 Å². The smallest absolute Gasteiger partial charge is 0.0705 e. The van der Waals surface area contributed by atoms with Gasteiger partial charge in [-0.05, 0) is 86.6 Å². The van der Waals surface area contributed by atoms with E-state index in [0.717, 1.165) is 0 Å². The third kappa shape index (κ3) is 3.61. The summed E-state index contributed by atoms with van der Waals surface area (Å²) in [6.07, 6.45) is 4.34. The average molecular weight is 473 g/mol. The summed E-state index contributed by atoms with van der Waals surface area (Å²) in [6, 6.07) is 17.2. The molecular formula is C16H10BrIS2. The second-order valence-electron chi connectivity index (χ2n) is 4.19. The molecule has 100 valence electrons. The molecule has 20 heavy (non-hydrogen) atoms. The lowest BCUT2D eigenvalue weighted by molar-refractivity contribution is 1.61. The SMILES string of the molecule is Brc1ccc(-c2ccc(/C=C/c3ccc(I)cc3)s2)s1. The van der Waals surface area contributed by atoms with E-state index in [1.807, 2.05) is 11.3 Å². The third-order valence-electron chi connectivity index (χ3n) is 2.75. The standard InChI is InChI=1S/C16H10BrIS2/c17-16-10-9-15(20-16)14-8-7-13(19-14)6-3-11-1-4-12(18)5-2-11/h1-10H/b6-3+. The van der Waals surface area contributed by atoms with Gasteiger partial charge in [-0.3, -0.25) is 0 Å². The fraction of sp³-hybridized carbons (Fsp3) is 0. The Balaban J connectivity index is 1.78. The maximum absolute atomic E-state index is 3.51. The number of hydrogen-bond donors (Lipinski definition) is 0. The Hall–Kier alpha value is -0.430. The van der Waals surface area contributed by atoms with Crippen molar-refractivity contribution in [2.45, 2.75) is 0 Å². The summed E-state index contributed by atoms with van der Waals surface area (Å²) in [5.41, 5.74) is 1.24. The van der Waals surface area contributed by atoms with E-state index in [1.165, 1.54) is 27.6 Å². The third-order valence-corrected chi connectivity index (χ3v) is 6.34. The van der Waals surface area contributed by atoms with E-state index in [1.54, 1.807) is 11.3 Å². The summed E-state index contributed by atoms with van der Waals surface area (Å²) in [4.78, 5) is 3.92. The largest absolute Gasteiger partial charge is 0.135 e. The van der Waals surface area contributed by atoms with E-state index in [-0.39, 0.29) is 0 Å². The highest BCUT2D eigenvalue weighted by Gasteiger charge is 2.03. The molecule has 0 amide bonds. The first-order valence-corrected chi connectivity index (χ1v) is 9.50. The van der Waals surface area contributed by atoms with Gasteiger partial charge in [0.25, 0.3) is 0 Å². The lowest BCUT2D eigenvalue weighted by Gasteiger charge is -1.93. The van der Waals surface area contributed by atoms with Gasteiger partial charge in [-0.25, -0.2) is 0 Å². The Morgan fingerprint density at radius 2 is 1.50 bits per heavy atom. The van der Waals surface area contributed by atoms with E-state index in [9.17, 15) is 0 Å². The van der Waals surface area contributed by atoms with E-state index in [2.05, 4.69) is 99.2 Å². The molecule has 0 saturated carbocycles. The molecule has 0 aliphatic heterocycles. The van der Waals surface area contributed by atoms with Gasteiger partial charge in [0.05, 0.1) is 3.79 Å². The monoisotopic (exact) mass is 472 g/mol. The molecule has 0 aliphatic rings. The molecule has 0 saturated heterocycles. The van der Waals surface area contributed by atoms with Gasteiger partial charge in [-0.1, -0.05) is 18.2 Å². The first-order chi connectivity index (χ1) is 9.70. The minimum absolute atomic E-state index is 1.18. The van der Waals surface area contributed by atoms with Crippen molar-refractivity contribution in [3.05, 3.63) is 66.3 Å². The van der Waals surface area contributed by atoms with Crippen molar-refractivity contribution in [2.75, 3.05) is 0 Å². The molecular weight excluding hydrogens is 463 g/mol. The number of halogens is 2. The van der Waals surface area contributed by atoms with Gasteiger partial charge in [0.1, 0.15) is 0 Å². The van der Waals surface area contributed by atoms with Crippen molar-refractivity contribution in [2.24, 2.45) is 0 Å². The predicted octanol–water partition coefficient (Wildman–Crippen LogP) is 7.01. The molecule has 0 atom stereocenters. The zero-order valence-corrected chi connectivity index (χ0v) is 15.7. The Kier molecular flexibility index (Phi) is 4.75. The van der Waals surface area contributed by atoms with Gasteiger partial charge < -0.3 is 0 Å². The molecule has 0 radical (unpaired) electrons. The van der Waals surface area contributed by atoms with Gasteiger partial charge in [-0.15, -0.1) is 22.7 Å². The lowest BCUT2D eigenvalue weighted by Crippen LogP contribution is -1.72. The van der Waals surface area contributed by atoms with Gasteiger partial charge in [-0.2, -0.15) is 0 Å². The Morgan fingerprint density at radius 3 is 2.20 bits per heavy atom. The first-order valence-electron chi connectivity index (χ1n) is 6.00. The Bertz CT molecular complexity index is 738. The highest BCUT2D eigenvalue weighted by atomic mass is 127. The second kappa shape index (κ2) is 6.56. The summed E-state index contributed by atoms with van der Waals surface area (Å²) >= 11 is 9.43. The van der Waals surface area contributed by atoms with Gasteiger partial charge in [0, 0.05) is 18.2 Å². The van der Waals surface area contributed by atoms with Crippen LogP contribution in [0.5, 0.6) is 0 Å². The second-order valence-corrected chi connectivity index (χ2v) is 9.01. The highest BCUT2D eigenvalue weighted by molar-refractivity contribution is 14.1. The van der Waals surface area contributed by atoms with E-state index in [4.69, 9.17) is 0 Å². The summed E-state index contributed by atoms with van der Waals surface area (Å²) in [5, 5.41) is 0. The molecule has 0 aliphatic carbocycles. The van der Waals surface area contributed by atoms with Crippen LogP contribution in [0.2, 0.25) is 0 Å². The molecule has 3 rings (SSSR count). The number of rotatable bonds is 3. The summed E-state index contributed by atoms with van der Waals surface area (Å²) in [7, 11) is 0. The van der Waals surface area contributed by atoms with Crippen LogP contribution in [0.4, 0.5) is 0 Å². The van der Waals surface area contributed by atoms with Crippen molar-refractivity contribution in [1.82, 2.24) is 0 Å². The van der Waals surface area contributed by atoms with Crippen molar-refractivity contribution < 1.29 is 0 Å².